The van der Waals surface area contributed by atoms with Crippen LogP contribution in [-0.4, -0.2) is 48.6 Å². The second kappa shape index (κ2) is 7.48. The molecule has 1 saturated heterocycles. The zero-order valence-corrected chi connectivity index (χ0v) is 12.4. The second-order valence-electron chi connectivity index (χ2n) is 5.39. The molecule has 0 aromatic carbocycles. The van der Waals surface area contributed by atoms with Crippen LogP contribution in [0.5, 0.6) is 0 Å². The lowest BCUT2D eigenvalue weighted by Crippen LogP contribution is -2.50. The lowest BCUT2D eigenvalue weighted by molar-refractivity contribution is -0.145. The number of rotatable bonds is 5. The predicted octanol–water partition coefficient (Wildman–Crippen LogP) is 1.17. The van der Waals surface area contributed by atoms with Crippen LogP contribution in [0.2, 0.25) is 0 Å². The fourth-order valence-electron chi connectivity index (χ4n) is 2.32. The smallest absolute Gasteiger partial charge is 0.322 e. The highest BCUT2D eigenvalue weighted by Crippen LogP contribution is 2.13. The summed E-state index contributed by atoms with van der Waals surface area (Å²) in [5.74, 6) is 0.0723. The van der Waals surface area contributed by atoms with E-state index in [2.05, 4.69) is 5.32 Å². The van der Waals surface area contributed by atoms with Gasteiger partial charge in [0, 0.05) is 25.0 Å². The molecule has 1 N–H and O–H groups in total. The minimum Gasteiger partial charge on any atom is -0.465 e. The van der Waals surface area contributed by atoms with Gasteiger partial charge >= 0.3 is 5.97 Å². The topological polar surface area (TPSA) is 58.6 Å². The molecule has 5 heteroatoms. The van der Waals surface area contributed by atoms with Crippen molar-refractivity contribution in [1.82, 2.24) is 10.2 Å². The highest BCUT2D eigenvalue weighted by atomic mass is 16.5. The van der Waals surface area contributed by atoms with Gasteiger partial charge in [0.15, 0.2) is 0 Å². The van der Waals surface area contributed by atoms with Crippen molar-refractivity contribution >= 4 is 11.9 Å². The van der Waals surface area contributed by atoms with E-state index in [9.17, 15) is 9.59 Å². The van der Waals surface area contributed by atoms with Crippen LogP contribution < -0.4 is 5.32 Å². The molecular formula is C14H26N2O3. The Balaban J connectivity index is 2.34. The van der Waals surface area contributed by atoms with Gasteiger partial charge in [0.1, 0.15) is 6.04 Å². The van der Waals surface area contributed by atoms with E-state index in [1.165, 1.54) is 0 Å². The van der Waals surface area contributed by atoms with Crippen molar-refractivity contribution in [2.45, 2.75) is 52.6 Å². The highest BCUT2D eigenvalue weighted by Gasteiger charge is 2.26. The minimum absolute atomic E-state index is 0.0583. The molecule has 0 bridgehead atoms. The van der Waals surface area contributed by atoms with Gasteiger partial charge in [-0.1, -0.05) is 13.8 Å². The van der Waals surface area contributed by atoms with Crippen LogP contribution >= 0.6 is 0 Å². The number of carbonyl (C=O) groups excluding carboxylic acids is 2. The van der Waals surface area contributed by atoms with Crippen LogP contribution in [0, 0.1) is 5.92 Å². The Morgan fingerprint density at radius 1 is 1.26 bits per heavy atom. The third-order valence-electron chi connectivity index (χ3n) is 3.43. The van der Waals surface area contributed by atoms with Crippen LogP contribution in [0.1, 0.15) is 40.5 Å². The first-order chi connectivity index (χ1) is 8.95. The molecule has 0 aliphatic carbocycles. The summed E-state index contributed by atoms with van der Waals surface area (Å²) in [4.78, 5) is 25.3. The molecule has 1 aliphatic rings. The number of nitrogens with zero attached hydrogens (tertiary/aromatic N) is 1. The lowest BCUT2D eigenvalue weighted by atomic mass is 10.0. The Hall–Kier alpha value is -1.10. The molecule has 1 atom stereocenters. The number of hydrogen-bond donors (Lipinski definition) is 1. The van der Waals surface area contributed by atoms with Gasteiger partial charge in [0.25, 0.3) is 0 Å². The Bertz CT molecular complexity index is 310. The van der Waals surface area contributed by atoms with Gasteiger partial charge in [-0.25, -0.2) is 0 Å². The van der Waals surface area contributed by atoms with Gasteiger partial charge in [0.2, 0.25) is 5.91 Å². The summed E-state index contributed by atoms with van der Waals surface area (Å²) in [6.07, 6.45) is 1.78. The van der Waals surface area contributed by atoms with E-state index in [1.54, 1.807) is 6.92 Å². The van der Waals surface area contributed by atoms with Gasteiger partial charge in [-0.15, -0.1) is 0 Å². The molecule has 1 amide bonds. The summed E-state index contributed by atoms with van der Waals surface area (Å²) < 4.78 is 4.97. The molecule has 0 aromatic rings. The molecule has 110 valence electrons. The number of hydrogen-bond acceptors (Lipinski definition) is 4. The standard InChI is InChI=1S/C14H26N2O3/c1-5-19-14(18)11(4)15-12-6-8-16(9-7-12)13(17)10(2)3/h10-12,15H,5-9H2,1-4H3/t11-/m0/s1. The maximum Gasteiger partial charge on any atom is 0.322 e. The molecule has 5 nitrogen and oxygen atoms in total. The van der Waals surface area contributed by atoms with Crippen molar-refractivity contribution in [3.05, 3.63) is 0 Å². The van der Waals surface area contributed by atoms with E-state index in [0.717, 1.165) is 25.9 Å². The van der Waals surface area contributed by atoms with Crippen molar-refractivity contribution in [3.8, 4) is 0 Å². The molecule has 1 rings (SSSR count). The average molecular weight is 270 g/mol. The summed E-state index contributed by atoms with van der Waals surface area (Å²) in [7, 11) is 0. The van der Waals surface area contributed by atoms with Gasteiger partial charge in [-0.05, 0) is 26.7 Å². The van der Waals surface area contributed by atoms with Gasteiger partial charge in [0.05, 0.1) is 6.61 Å². The average Bonchev–Trinajstić information content (AvgIpc) is 2.38. The molecule has 0 saturated carbocycles. The SMILES string of the molecule is CCOC(=O)[C@H](C)NC1CCN(C(=O)C(C)C)CC1. The van der Waals surface area contributed by atoms with Crippen molar-refractivity contribution in [2.24, 2.45) is 5.92 Å². The van der Waals surface area contributed by atoms with Gasteiger partial charge < -0.3 is 15.0 Å². The fraction of sp³-hybridized carbons (Fsp3) is 0.857. The first-order valence-electron chi connectivity index (χ1n) is 7.17. The largest absolute Gasteiger partial charge is 0.465 e. The van der Waals surface area contributed by atoms with Crippen LogP contribution in [0.15, 0.2) is 0 Å². The monoisotopic (exact) mass is 270 g/mol. The second-order valence-corrected chi connectivity index (χ2v) is 5.39. The molecular weight excluding hydrogens is 244 g/mol. The van der Waals surface area contributed by atoms with Crippen LogP contribution in [0.3, 0.4) is 0 Å². The first-order valence-corrected chi connectivity index (χ1v) is 7.17. The minimum atomic E-state index is -0.280. The Morgan fingerprint density at radius 2 is 1.84 bits per heavy atom. The number of likely N-dealkylation sites (tertiary alicyclic amines) is 1. The zero-order valence-electron chi connectivity index (χ0n) is 12.4. The normalized spacial score (nSPS) is 18.5. The van der Waals surface area contributed by atoms with E-state index < -0.39 is 0 Å². The van der Waals surface area contributed by atoms with Crippen molar-refractivity contribution in [2.75, 3.05) is 19.7 Å². The van der Waals surface area contributed by atoms with Gasteiger partial charge in [-0.2, -0.15) is 0 Å². The van der Waals surface area contributed by atoms with Crippen molar-refractivity contribution in [1.29, 1.82) is 0 Å². The lowest BCUT2D eigenvalue weighted by Gasteiger charge is -2.34. The predicted molar refractivity (Wildman–Crippen MR) is 73.7 cm³/mol. The number of amides is 1. The number of carbonyl (C=O) groups is 2. The van der Waals surface area contributed by atoms with Crippen molar-refractivity contribution < 1.29 is 14.3 Å². The van der Waals surface area contributed by atoms with E-state index in [4.69, 9.17) is 4.74 Å². The quantitative estimate of drug-likeness (QED) is 0.762. The van der Waals surface area contributed by atoms with Gasteiger partial charge in [-0.3, -0.25) is 9.59 Å². The molecule has 1 aliphatic heterocycles. The highest BCUT2D eigenvalue weighted by molar-refractivity contribution is 5.78. The third kappa shape index (κ3) is 4.82. The molecule has 0 unspecified atom stereocenters. The summed E-state index contributed by atoms with van der Waals surface area (Å²) in [5, 5.41) is 3.28. The molecule has 0 aromatic heterocycles. The summed E-state index contributed by atoms with van der Waals surface area (Å²) in [6, 6.07) is 0.00733. The number of nitrogens with one attached hydrogen (secondary N) is 1. The molecule has 0 spiro atoms. The zero-order chi connectivity index (χ0) is 14.4. The third-order valence-corrected chi connectivity index (χ3v) is 3.43. The Kier molecular flexibility index (Phi) is 6.28. The maximum atomic E-state index is 11.9. The molecule has 1 heterocycles. The van der Waals surface area contributed by atoms with Crippen LogP contribution in [0.4, 0.5) is 0 Å². The van der Waals surface area contributed by atoms with E-state index in [0.29, 0.717) is 6.61 Å². The molecule has 19 heavy (non-hydrogen) atoms. The van der Waals surface area contributed by atoms with E-state index in [-0.39, 0.29) is 29.9 Å². The number of ether oxygens (including phenoxy) is 1. The number of piperidine rings is 1. The van der Waals surface area contributed by atoms with Crippen LogP contribution in [0.25, 0.3) is 0 Å². The Labute approximate surface area is 115 Å². The summed E-state index contributed by atoms with van der Waals surface area (Å²) in [5.41, 5.74) is 0. The molecule has 0 radical (unpaired) electrons. The molecule has 1 fully saturated rings. The van der Waals surface area contributed by atoms with Crippen LogP contribution in [-0.2, 0) is 14.3 Å². The first kappa shape index (κ1) is 16.0. The summed E-state index contributed by atoms with van der Waals surface area (Å²) in [6.45, 7) is 9.43. The fourth-order valence-corrected chi connectivity index (χ4v) is 2.32. The Morgan fingerprint density at radius 3 is 2.32 bits per heavy atom. The van der Waals surface area contributed by atoms with E-state index >= 15 is 0 Å². The number of esters is 1. The van der Waals surface area contributed by atoms with Crippen molar-refractivity contribution in [3.63, 3.8) is 0 Å². The summed E-state index contributed by atoms with van der Waals surface area (Å²) >= 11 is 0. The van der Waals surface area contributed by atoms with E-state index in [1.807, 2.05) is 25.7 Å². The maximum absolute atomic E-state index is 11.9.